The second kappa shape index (κ2) is 6.93. The summed E-state index contributed by atoms with van der Waals surface area (Å²) in [5.41, 5.74) is 0. The standard InChI is InChI=1S/C11H22NO/c1-5-7-8-11(13)12(6-2)9-10(3)4/h10H,2,5-9H2,1,3-4H3. The molecule has 2 heteroatoms. The molecule has 0 aromatic carbocycles. The number of unbranched alkanes of at least 4 members (excludes halogenated alkanes) is 1. The fourth-order valence-electron chi connectivity index (χ4n) is 1.24. The van der Waals surface area contributed by atoms with Gasteiger partial charge in [-0.05, 0) is 19.3 Å². The van der Waals surface area contributed by atoms with Crippen LogP contribution in [0.5, 0.6) is 0 Å². The number of rotatable bonds is 6. The van der Waals surface area contributed by atoms with Gasteiger partial charge in [0.05, 0.1) is 0 Å². The van der Waals surface area contributed by atoms with Gasteiger partial charge in [0.15, 0.2) is 0 Å². The summed E-state index contributed by atoms with van der Waals surface area (Å²) >= 11 is 0. The maximum atomic E-state index is 11.6. The summed E-state index contributed by atoms with van der Waals surface area (Å²) in [6.07, 6.45) is 2.75. The Morgan fingerprint density at radius 2 is 2.08 bits per heavy atom. The molecule has 1 radical (unpaired) electrons. The van der Waals surface area contributed by atoms with Crippen molar-refractivity contribution in [2.75, 3.05) is 13.1 Å². The lowest BCUT2D eigenvalue weighted by molar-refractivity contribution is -0.131. The summed E-state index contributed by atoms with van der Waals surface area (Å²) < 4.78 is 0. The van der Waals surface area contributed by atoms with Crippen molar-refractivity contribution in [3.63, 3.8) is 0 Å². The van der Waals surface area contributed by atoms with Gasteiger partial charge in [0, 0.05) is 19.5 Å². The summed E-state index contributed by atoms with van der Waals surface area (Å²) in [4.78, 5) is 13.4. The molecule has 0 aliphatic heterocycles. The molecule has 13 heavy (non-hydrogen) atoms. The highest BCUT2D eigenvalue weighted by Gasteiger charge is 2.11. The van der Waals surface area contributed by atoms with Crippen LogP contribution in [-0.2, 0) is 4.79 Å². The van der Waals surface area contributed by atoms with Crippen LogP contribution in [0.2, 0.25) is 0 Å². The average Bonchev–Trinajstić information content (AvgIpc) is 2.09. The van der Waals surface area contributed by atoms with E-state index in [4.69, 9.17) is 0 Å². The normalized spacial score (nSPS) is 10.5. The molecule has 77 valence electrons. The Balaban J connectivity index is 3.85. The van der Waals surface area contributed by atoms with E-state index in [2.05, 4.69) is 27.7 Å². The second-order valence-corrected chi connectivity index (χ2v) is 3.84. The molecule has 0 unspecified atom stereocenters. The number of hydrogen-bond acceptors (Lipinski definition) is 1. The van der Waals surface area contributed by atoms with E-state index in [1.54, 1.807) is 0 Å². The van der Waals surface area contributed by atoms with Crippen LogP contribution in [0.15, 0.2) is 0 Å². The number of carbonyl (C=O) groups is 1. The maximum Gasteiger partial charge on any atom is 0.222 e. The highest BCUT2D eigenvalue weighted by Crippen LogP contribution is 2.03. The van der Waals surface area contributed by atoms with Crippen molar-refractivity contribution >= 4 is 5.91 Å². The van der Waals surface area contributed by atoms with E-state index in [0.717, 1.165) is 19.4 Å². The van der Waals surface area contributed by atoms with Crippen molar-refractivity contribution in [3.05, 3.63) is 6.92 Å². The van der Waals surface area contributed by atoms with Gasteiger partial charge in [-0.3, -0.25) is 4.79 Å². The van der Waals surface area contributed by atoms with E-state index >= 15 is 0 Å². The average molecular weight is 184 g/mol. The molecule has 2 nitrogen and oxygen atoms in total. The fourth-order valence-corrected chi connectivity index (χ4v) is 1.24. The topological polar surface area (TPSA) is 20.3 Å². The third-order valence-corrected chi connectivity index (χ3v) is 1.95. The first-order valence-corrected chi connectivity index (χ1v) is 5.18. The predicted octanol–water partition coefficient (Wildman–Crippen LogP) is 2.50. The molecule has 1 amide bonds. The lowest BCUT2D eigenvalue weighted by Crippen LogP contribution is -2.33. The van der Waals surface area contributed by atoms with Crippen LogP contribution in [0.3, 0.4) is 0 Å². The zero-order chi connectivity index (χ0) is 10.3. The van der Waals surface area contributed by atoms with Gasteiger partial charge in [0.2, 0.25) is 5.91 Å². The Labute approximate surface area is 82.3 Å². The first-order chi connectivity index (χ1) is 6.11. The second-order valence-electron chi connectivity index (χ2n) is 3.84. The van der Waals surface area contributed by atoms with Crippen LogP contribution in [0.4, 0.5) is 0 Å². The van der Waals surface area contributed by atoms with Gasteiger partial charge in [0.1, 0.15) is 0 Å². The molecular weight excluding hydrogens is 162 g/mol. The van der Waals surface area contributed by atoms with E-state index < -0.39 is 0 Å². The van der Waals surface area contributed by atoms with Gasteiger partial charge in [-0.15, -0.1) is 0 Å². The maximum absolute atomic E-state index is 11.6. The zero-order valence-corrected chi connectivity index (χ0v) is 9.18. The van der Waals surface area contributed by atoms with Gasteiger partial charge in [-0.25, -0.2) is 0 Å². The van der Waals surface area contributed by atoms with E-state index in [9.17, 15) is 4.79 Å². The monoisotopic (exact) mass is 184 g/mol. The van der Waals surface area contributed by atoms with Gasteiger partial charge >= 0.3 is 0 Å². The fraction of sp³-hybridized carbons (Fsp3) is 0.818. The van der Waals surface area contributed by atoms with Gasteiger partial charge in [-0.2, -0.15) is 0 Å². The van der Waals surface area contributed by atoms with Crippen molar-refractivity contribution in [3.8, 4) is 0 Å². The number of amides is 1. The molecule has 0 aliphatic rings. The minimum atomic E-state index is 0.255. The van der Waals surface area contributed by atoms with Gasteiger partial charge < -0.3 is 4.90 Å². The van der Waals surface area contributed by atoms with Crippen molar-refractivity contribution in [1.82, 2.24) is 4.90 Å². The van der Waals surface area contributed by atoms with E-state index in [1.165, 1.54) is 0 Å². The first-order valence-electron chi connectivity index (χ1n) is 5.18. The third-order valence-electron chi connectivity index (χ3n) is 1.95. The Kier molecular flexibility index (Phi) is 6.65. The molecule has 0 spiro atoms. The van der Waals surface area contributed by atoms with Crippen molar-refractivity contribution < 1.29 is 4.79 Å². The molecule has 0 rings (SSSR count). The lowest BCUT2D eigenvalue weighted by Gasteiger charge is -2.22. The van der Waals surface area contributed by atoms with E-state index in [1.807, 2.05) is 4.90 Å². The largest absolute Gasteiger partial charge is 0.342 e. The molecule has 0 aromatic rings. The summed E-state index contributed by atoms with van der Waals surface area (Å²) in [7, 11) is 0. The quantitative estimate of drug-likeness (QED) is 0.621. The third kappa shape index (κ3) is 5.67. The van der Waals surface area contributed by atoms with Crippen LogP contribution < -0.4 is 0 Å². The first kappa shape index (κ1) is 12.5. The Bertz CT molecular complexity index is 143. The van der Waals surface area contributed by atoms with Crippen LogP contribution >= 0.6 is 0 Å². The molecule has 0 saturated heterocycles. The number of carbonyl (C=O) groups excluding carboxylic acids is 1. The summed E-state index contributed by atoms with van der Waals surface area (Å²) in [5.74, 6) is 0.790. The Morgan fingerprint density at radius 1 is 1.46 bits per heavy atom. The molecule has 0 aliphatic carbocycles. The highest BCUT2D eigenvalue weighted by atomic mass is 16.2. The summed E-state index contributed by atoms with van der Waals surface area (Å²) in [6, 6.07) is 0. The van der Waals surface area contributed by atoms with Gasteiger partial charge in [-0.1, -0.05) is 27.2 Å². The molecule has 0 saturated carbocycles. The Morgan fingerprint density at radius 3 is 2.46 bits per heavy atom. The molecule has 0 fully saturated rings. The SMILES string of the molecule is [CH2]CN(CC(C)C)C(=O)CCCC. The molecule has 0 heterocycles. The molecule has 0 N–H and O–H groups in total. The molecule has 0 aromatic heterocycles. The molecule has 0 atom stereocenters. The van der Waals surface area contributed by atoms with Gasteiger partial charge in [0.25, 0.3) is 0 Å². The molecular formula is C11H22NO. The lowest BCUT2D eigenvalue weighted by atomic mass is 10.2. The van der Waals surface area contributed by atoms with Crippen molar-refractivity contribution in [2.45, 2.75) is 40.0 Å². The Hall–Kier alpha value is -0.530. The van der Waals surface area contributed by atoms with Crippen molar-refractivity contribution in [1.29, 1.82) is 0 Å². The minimum Gasteiger partial charge on any atom is -0.342 e. The van der Waals surface area contributed by atoms with Crippen LogP contribution in [0.1, 0.15) is 40.0 Å². The van der Waals surface area contributed by atoms with Crippen molar-refractivity contribution in [2.24, 2.45) is 5.92 Å². The van der Waals surface area contributed by atoms with Crippen LogP contribution in [0.25, 0.3) is 0 Å². The van der Waals surface area contributed by atoms with E-state index in [-0.39, 0.29) is 5.91 Å². The molecule has 0 bridgehead atoms. The smallest absolute Gasteiger partial charge is 0.222 e. The van der Waals surface area contributed by atoms with Crippen LogP contribution in [-0.4, -0.2) is 23.9 Å². The summed E-state index contributed by atoms with van der Waals surface area (Å²) in [6.45, 7) is 11.6. The summed E-state index contributed by atoms with van der Waals surface area (Å²) in [5, 5.41) is 0. The predicted molar refractivity (Wildman–Crippen MR) is 56.3 cm³/mol. The zero-order valence-electron chi connectivity index (χ0n) is 9.18. The van der Waals surface area contributed by atoms with Crippen LogP contribution in [0, 0.1) is 12.8 Å². The number of nitrogens with zero attached hydrogens (tertiary/aromatic N) is 1. The highest BCUT2D eigenvalue weighted by molar-refractivity contribution is 5.76. The number of hydrogen-bond donors (Lipinski definition) is 0. The van der Waals surface area contributed by atoms with E-state index in [0.29, 0.717) is 18.9 Å². The minimum absolute atomic E-state index is 0.255.